The van der Waals surface area contributed by atoms with E-state index in [4.69, 9.17) is 23.4 Å². The van der Waals surface area contributed by atoms with E-state index in [1.807, 2.05) is 6.92 Å². The smallest absolute Gasteiger partial charge is 0.350 e. The van der Waals surface area contributed by atoms with Gasteiger partial charge in [-0.3, -0.25) is 14.5 Å². The first-order valence-electron chi connectivity index (χ1n) is 13.1. The van der Waals surface area contributed by atoms with Crippen LogP contribution in [0.5, 0.6) is 17.2 Å². The number of thiazole rings is 1. The van der Waals surface area contributed by atoms with Crippen LogP contribution < -0.4 is 19.1 Å². The summed E-state index contributed by atoms with van der Waals surface area (Å²) in [6, 6.07) is 10.5. The Bertz CT molecular complexity index is 1740. The molecule has 0 saturated carbocycles. The van der Waals surface area contributed by atoms with E-state index in [1.165, 1.54) is 25.2 Å². The summed E-state index contributed by atoms with van der Waals surface area (Å²) >= 11 is 0.923. The Morgan fingerprint density at radius 2 is 1.81 bits per heavy atom. The number of Topliss-reactive ketones (excluding diaryl/α,β-unsaturated/α-hetero) is 1. The van der Waals surface area contributed by atoms with Crippen molar-refractivity contribution < 1.29 is 42.9 Å². The molecule has 11 nitrogen and oxygen atoms in total. The number of benzene rings is 2. The van der Waals surface area contributed by atoms with E-state index in [0.717, 1.165) is 11.3 Å². The zero-order valence-corrected chi connectivity index (χ0v) is 24.4. The molecule has 2 aromatic heterocycles. The lowest BCUT2D eigenvalue weighted by molar-refractivity contribution is -0.117. The molecule has 218 valence electrons. The van der Waals surface area contributed by atoms with Gasteiger partial charge in [0.2, 0.25) is 5.78 Å². The van der Waals surface area contributed by atoms with Crippen molar-refractivity contribution >= 4 is 45.1 Å². The lowest BCUT2D eigenvalue weighted by atomic mass is 9.95. The van der Waals surface area contributed by atoms with Gasteiger partial charge in [0, 0.05) is 5.39 Å². The highest BCUT2D eigenvalue weighted by Gasteiger charge is 2.47. The zero-order valence-electron chi connectivity index (χ0n) is 23.5. The summed E-state index contributed by atoms with van der Waals surface area (Å²) in [5, 5.41) is 11.9. The molecule has 0 fully saturated rings. The van der Waals surface area contributed by atoms with Crippen LogP contribution in [0, 0.1) is 6.92 Å². The summed E-state index contributed by atoms with van der Waals surface area (Å²) in [7, 11) is 2.95. The molecule has 1 unspecified atom stereocenters. The van der Waals surface area contributed by atoms with Gasteiger partial charge >= 0.3 is 5.97 Å². The van der Waals surface area contributed by atoms with Crippen molar-refractivity contribution in [3.63, 3.8) is 0 Å². The Morgan fingerprint density at radius 1 is 1.05 bits per heavy atom. The summed E-state index contributed by atoms with van der Waals surface area (Å²) in [6.45, 7) is 5.67. The van der Waals surface area contributed by atoms with Crippen LogP contribution in [0.2, 0.25) is 0 Å². The number of nitrogens with zero attached hydrogens (tertiary/aromatic N) is 2. The number of hydrogen-bond donors (Lipinski definition) is 1. The number of furan rings is 1. The van der Waals surface area contributed by atoms with Crippen molar-refractivity contribution in [3.8, 4) is 17.2 Å². The maximum atomic E-state index is 14.0. The molecular weight excluding hydrogens is 564 g/mol. The van der Waals surface area contributed by atoms with Gasteiger partial charge in [0.15, 0.2) is 39.5 Å². The predicted molar refractivity (Wildman–Crippen MR) is 154 cm³/mol. The van der Waals surface area contributed by atoms with Crippen molar-refractivity contribution in [1.82, 2.24) is 4.98 Å². The Hall–Kier alpha value is -4.84. The predicted octanol–water partition coefficient (Wildman–Crippen LogP) is 5.57. The minimum Gasteiger partial charge on any atom is -0.503 e. The van der Waals surface area contributed by atoms with Gasteiger partial charge in [-0.15, -0.1) is 0 Å². The molecule has 0 saturated heterocycles. The van der Waals surface area contributed by atoms with Crippen molar-refractivity contribution in [2.24, 2.45) is 0 Å². The maximum Gasteiger partial charge on any atom is 0.350 e. The van der Waals surface area contributed by atoms with E-state index in [1.54, 1.807) is 50.2 Å². The SMILES string of the molecule is CCOC(=O)c1sc(N2C(=O)C(O)=C(C(=O)c3cc4cccc(OC)c4o3)C2c2ccc(OCC)c(OC)c2)nc1C. The number of carbonyl (C=O) groups excluding carboxylic acids is 3. The third-order valence-corrected chi connectivity index (χ3v) is 7.80. The Balaban J connectivity index is 1.67. The summed E-state index contributed by atoms with van der Waals surface area (Å²) in [5.74, 6) is -1.80. The Kier molecular flexibility index (Phi) is 7.90. The average molecular weight is 593 g/mol. The number of aryl methyl sites for hydroxylation is 1. The fourth-order valence-electron chi connectivity index (χ4n) is 4.79. The number of ketones is 1. The fraction of sp³-hybridized carbons (Fsp3) is 0.267. The van der Waals surface area contributed by atoms with Crippen molar-refractivity contribution in [2.75, 3.05) is 32.3 Å². The van der Waals surface area contributed by atoms with Crippen molar-refractivity contribution in [3.05, 3.63) is 75.7 Å². The third kappa shape index (κ3) is 4.83. The van der Waals surface area contributed by atoms with Crippen LogP contribution in [-0.2, 0) is 9.53 Å². The molecule has 42 heavy (non-hydrogen) atoms. The lowest BCUT2D eigenvalue weighted by Gasteiger charge is -2.25. The Morgan fingerprint density at radius 3 is 2.50 bits per heavy atom. The summed E-state index contributed by atoms with van der Waals surface area (Å²) in [5.41, 5.74) is 0.886. The van der Waals surface area contributed by atoms with Gasteiger partial charge in [0.05, 0.1) is 44.7 Å². The molecule has 3 heterocycles. The molecular formula is C30H28N2O9S. The van der Waals surface area contributed by atoms with Gasteiger partial charge in [-0.25, -0.2) is 9.78 Å². The molecule has 1 aliphatic rings. The van der Waals surface area contributed by atoms with Crippen molar-refractivity contribution in [1.29, 1.82) is 0 Å². The molecule has 0 bridgehead atoms. The van der Waals surface area contributed by atoms with Crippen LogP contribution in [0.25, 0.3) is 11.0 Å². The van der Waals surface area contributed by atoms with E-state index in [2.05, 4.69) is 4.98 Å². The molecule has 0 aliphatic carbocycles. The minimum absolute atomic E-state index is 0.0963. The first-order valence-corrected chi connectivity index (χ1v) is 13.9. The van der Waals surface area contributed by atoms with Gasteiger partial charge in [-0.1, -0.05) is 29.5 Å². The number of para-hydroxylation sites is 1. The van der Waals surface area contributed by atoms with E-state index < -0.39 is 29.5 Å². The maximum absolute atomic E-state index is 14.0. The number of anilines is 1. The minimum atomic E-state index is -1.15. The molecule has 2 aromatic carbocycles. The standard InChI is InChI=1S/C30H28N2O9S/c1-6-39-18-12-11-16(13-20(18)38-5)23-22(24(33)21-14-17-9-8-10-19(37-4)26(17)41-21)25(34)28(35)32(23)30-31-15(3)27(42-30)29(36)40-7-2/h8-14,23,34H,6-7H2,1-5H3. The number of ether oxygens (including phenoxy) is 4. The van der Waals surface area contributed by atoms with E-state index in [9.17, 15) is 19.5 Å². The number of amides is 1. The molecule has 5 rings (SSSR count). The molecule has 1 atom stereocenters. The van der Waals surface area contributed by atoms with Crippen LogP contribution in [-0.4, -0.2) is 55.2 Å². The van der Waals surface area contributed by atoms with Crippen molar-refractivity contribution in [2.45, 2.75) is 26.8 Å². The normalized spacial score (nSPS) is 14.9. The molecule has 12 heteroatoms. The lowest BCUT2D eigenvalue weighted by Crippen LogP contribution is -2.31. The molecule has 1 aliphatic heterocycles. The number of methoxy groups -OCH3 is 2. The number of aliphatic hydroxyl groups excluding tert-OH is 1. The first-order chi connectivity index (χ1) is 20.2. The highest BCUT2D eigenvalue weighted by atomic mass is 32.1. The number of fused-ring (bicyclic) bond motifs is 1. The topological polar surface area (TPSA) is 138 Å². The van der Waals surface area contributed by atoms with Gasteiger partial charge in [-0.2, -0.15) is 0 Å². The second-order valence-corrected chi connectivity index (χ2v) is 10.1. The third-order valence-electron chi connectivity index (χ3n) is 6.66. The highest BCUT2D eigenvalue weighted by molar-refractivity contribution is 7.17. The second kappa shape index (κ2) is 11.6. The quantitative estimate of drug-likeness (QED) is 0.184. The van der Waals surface area contributed by atoms with Gasteiger partial charge in [0.25, 0.3) is 5.91 Å². The number of aliphatic hydroxyl groups is 1. The number of aromatic nitrogens is 1. The number of carbonyl (C=O) groups is 3. The number of rotatable bonds is 10. The van der Waals surface area contributed by atoms with Crippen LogP contribution in [0.4, 0.5) is 5.13 Å². The van der Waals surface area contributed by atoms with E-state index in [-0.39, 0.29) is 27.9 Å². The van der Waals surface area contributed by atoms with Gasteiger partial charge < -0.3 is 28.5 Å². The monoisotopic (exact) mass is 592 g/mol. The molecule has 0 spiro atoms. The molecule has 0 radical (unpaired) electrons. The summed E-state index contributed by atoms with van der Waals surface area (Å²) in [4.78, 5) is 46.1. The Labute approximate surface area is 244 Å². The van der Waals surface area contributed by atoms with Crippen LogP contribution in [0.15, 0.2) is 58.2 Å². The average Bonchev–Trinajstić information content (AvgIpc) is 3.67. The summed E-state index contributed by atoms with van der Waals surface area (Å²) < 4.78 is 27.5. The molecule has 1 N–H and O–H groups in total. The number of hydrogen-bond acceptors (Lipinski definition) is 11. The van der Waals surface area contributed by atoms with Crippen LogP contribution in [0.3, 0.4) is 0 Å². The second-order valence-electron chi connectivity index (χ2n) is 9.13. The van der Waals surface area contributed by atoms with Gasteiger partial charge in [0.1, 0.15) is 4.88 Å². The van der Waals surface area contributed by atoms with E-state index >= 15 is 0 Å². The zero-order chi connectivity index (χ0) is 30.1. The largest absolute Gasteiger partial charge is 0.503 e. The highest BCUT2D eigenvalue weighted by Crippen LogP contribution is 2.46. The van der Waals surface area contributed by atoms with Gasteiger partial charge in [-0.05, 0) is 50.6 Å². The molecule has 1 amide bonds. The van der Waals surface area contributed by atoms with E-state index in [0.29, 0.717) is 46.1 Å². The molecule has 4 aromatic rings. The number of esters is 1. The fourth-order valence-corrected chi connectivity index (χ4v) is 5.78. The first kappa shape index (κ1) is 28.7. The summed E-state index contributed by atoms with van der Waals surface area (Å²) in [6.07, 6.45) is 0. The van der Waals surface area contributed by atoms with Crippen LogP contribution in [0.1, 0.15) is 51.4 Å². The van der Waals surface area contributed by atoms with Crippen LogP contribution >= 0.6 is 11.3 Å².